The molecule has 0 saturated carbocycles. The molecule has 0 amide bonds. The smallest absolute Gasteiger partial charge is 0.244 e. The molecular weight excluding hydrogens is 262 g/mol. The summed E-state index contributed by atoms with van der Waals surface area (Å²) in [6.07, 6.45) is 2.24. The third kappa shape index (κ3) is 2.80. The van der Waals surface area contributed by atoms with Crippen LogP contribution in [0.15, 0.2) is 28.8 Å². The lowest BCUT2D eigenvalue weighted by molar-refractivity contribution is 0.260. The lowest BCUT2D eigenvalue weighted by Crippen LogP contribution is -2.30. The van der Waals surface area contributed by atoms with Gasteiger partial charge in [0.25, 0.3) is 0 Å². The standard InChI is InChI=1S/C14H16ClN3O/c1-9-5-6-16-12(7-9)14-17-13(18-19-14)10-3-2-4-11(15)8-10/h2-4,8-9,12,16H,5-7H2,1H3. The van der Waals surface area contributed by atoms with Gasteiger partial charge in [0.05, 0.1) is 6.04 Å². The molecule has 1 aliphatic heterocycles. The second kappa shape index (κ2) is 5.31. The number of nitrogens with zero attached hydrogens (tertiary/aromatic N) is 2. The molecule has 0 aliphatic carbocycles. The lowest BCUT2D eigenvalue weighted by atomic mass is 9.94. The maximum absolute atomic E-state index is 5.97. The predicted octanol–water partition coefficient (Wildman–Crippen LogP) is 3.45. The first-order valence-electron chi connectivity index (χ1n) is 6.55. The number of aromatic nitrogens is 2. The van der Waals surface area contributed by atoms with Crippen LogP contribution in [0.1, 0.15) is 31.7 Å². The van der Waals surface area contributed by atoms with Crippen molar-refractivity contribution in [3.8, 4) is 11.4 Å². The van der Waals surface area contributed by atoms with Gasteiger partial charge >= 0.3 is 0 Å². The van der Waals surface area contributed by atoms with Crippen molar-refractivity contribution in [1.29, 1.82) is 0 Å². The highest BCUT2D eigenvalue weighted by Gasteiger charge is 2.24. The van der Waals surface area contributed by atoms with Gasteiger partial charge < -0.3 is 9.84 Å². The van der Waals surface area contributed by atoms with Crippen molar-refractivity contribution in [3.63, 3.8) is 0 Å². The highest BCUT2D eigenvalue weighted by Crippen LogP contribution is 2.27. The van der Waals surface area contributed by atoms with E-state index in [-0.39, 0.29) is 6.04 Å². The SMILES string of the molecule is CC1CCNC(c2nc(-c3cccc(Cl)c3)no2)C1. The van der Waals surface area contributed by atoms with Gasteiger partial charge in [0.2, 0.25) is 11.7 Å². The Labute approximate surface area is 117 Å². The molecule has 0 spiro atoms. The number of hydrogen-bond donors (Lipinski definition) is 1. The number of benzene rings is 1. The van der Waals surface area contributed by atoms with E-state index in [1.165, 1.54) is 6.42 Å². The molecule has 5 heteroatoms. The van der Waals surface area contributed by atoms with Crippen LogP contribution in [0, 0.1) is 5.92 Å². The molecule has 1 aliphatic rings. The molecule has 1 N–H and O–H groups in total. The highest BCUT2D eigenvalue weighted by molar-refractivity contribution is 6.30. The van der Waals surface area contributed by atoms with Crippen LogP contribution in [0.2, 0.25) is 5.02 Å². The first-order valence-corrected chi connectivity index (χ1v) is 6.93. The van der Waals surface area contributed by atoms with E-state index in [0.29, 0.717) is 22.7 Å². The summed E-state index contributed by atoms with van der Waals surface area (Å²) in [5.74, 6) is 1.95. The van der Waals surface area contributed by atoms with E-state index < -0.39 is 0 Å². The Hall–Kier alpha value is -1.39. The van der Waals surface area contributed by atoms with Crippen molar-refractivity contribution in [3.05, 3.63) is 35.2 Å². The Morgan fingerprint density at radius 1 is 1.42 bits per heavy atom. The Bertz CT molecular complexity index is 569. The fourth-order valence-electron chi connectivity index (χ4n) is 2.42. The van der Waals surface area contributed by atoms with Gasteiger partial charge in [0.15, 0.2) is 0 Å². The van der Waals surface area contributed by atoms with Crippen LogP contribution in [-0.4, -0.2) is 16.7 Å². The predicted molar refractivity (Wildman–Crippen MR) is 73.9 cm³/mol. The van der Waals surface area contributed by atoms with Gasteiger partial charge in [0.1, 0.15) is 0 Å². The first kappa shape index (κ1) is 12.6. The van der Waals surface area contributed by atoms with Crippen LogP contribution < -0.4 is 5.32 Å². The van der Waals surface area contributed by atoms with Crippen molar-refractivity contribution >= 4 is 11.6 Å². The molecule has 0 radical (unpaired) electrons. The minimum absolute atomic E-state index is 0.171. The van der Waals surface area contributed by atoms with Crippen LogP contribution in [0.3, 0.4) is 0 Å². The minimum atomic E-state index is 0.171. The van der Waals surface area contributed by atoms with Crippen molar-refractivity contribution < 1.29 is 4.52 Å². The van der Waals surface area contributed by atoms with Crippen LogP contribution in [-0.2, 0) is 0 Å². The Kier molecular flexibility index (Phi) is 3.53. The quantitative estimate of drug-likeness (QED) is 0.913. The molecule has 2 aromatic rings. The largest absolute Gasteiger partial charge is 0.337 e. The summed E-state index contributed by atoms with van der Waals surface area (Å²) >= 11 is 5.97. The zero-order valence-corrected chi connectivity index (χ0v) is 11.5. The van der Waals surface area contributed by atoms with E-state index in [0.717, 1.165) is 18.5 Å². The topological polar surface area (TPSA) is 51.0 Å². The first-order chi connectivity index (χ1) is 9.22. The minimum Gasteiger partial charge on any atom is -0.337 e. The van der Waals surface area contributed by atoms with E-state index in [4.69, 9.17) is 16.1 Å². The van der Waals surface area contributed by atoms with E-state index in [9.17, 15) is 0 Å². The molecule has 1 fully saturated rings. The van der Waals surface area contributed by atoms with Crippen LogP contribution in [0.25, 0.3) is 11.4 Å². The monoisotopic (exact) mass is 277 g/mol. The molecule has 1 aromatic heterocycles. The van der Waals surface area contributed by atoms with E-state index in [1.54, 1.807) is 0 Å². The third-order valence-corrected chi connectivity index (χ3v) is 3.72. The van der Waals surface area contributed by atoms with Crippen molar-refractivity contribution in [2.75, 3.05) is 6.54 Å². The maximum Gasteiger partial charge on any atom is 0.244 e. The Morgan fingerprint density at radius 2 is 2.32 bits per heavy atom. The third-order valence-electron chi connectivity index (χ3n) is 3.49. The van der Waals surface area contributed by atoms with Crippen molar-refractivity contribution in [1.82, 2.24) is 15.5 Å². The normalized spacial score (nSPS) is 23.5. The average Bonchev–Trinajstić information content (AvgIpc) is 2.88. The Balaban J connectivity index is 1.83. The van der Waals surface area contributed by atoms with Crippen molar-refractivity contribution in [2.24, 2.45) is 5.92 Å². The highest BCUT2D eigenvalue weighted by atomic mass is 35.5. The van der Waals surface area contributed by atoms with Gasteiger partial charge in [-0.05, 0) is 37.4 Å². The average molecular weight is 278 g/mol. The van der Waals surface area contributed by atoms with Gasteiger partial charge in [-0.3, -0.25) is 0 Å². The fourth-order valence-corrected chi connectivity index (χ4v) is 2.61. The maximum atomic E-state index is 5.97. The number of piperidine rings is 1. The molecule has 4 nitrogen and oxygen atoms in total. The molecule has 1 saturated heterocycles. The second-order valence-electron chi connectivity index (χ2n) is 5.10. The summed E-state index contributed by atoms with van der Waals surface area (Å²) in [6.45, 7) is 3.25. The van der Waals surface area contributed by atoms with E-state index in [1.807, 2.05) is 24.3 Å². The molecule has 1 aromatic carbocycles. The van der Waals surface area contributed by atoms with Crippen molar-refractivity contribution in [2.45, 2.75) is 25.8 Å². The van der Waals surface area contributed by atoms with Crippen LogP contribution in [0.5, 0.6) is 0 Å². The summed E-state index contributed by atoms with van der Waals surface area (Å²) in [6, 6.07) is 7.65. The molecule has 2 atom stereocenters. The number of nitrogens with one attached hydrogen (secondary N) is 1. The van der Waals surface area contributed by atoms with E-state index >= 15 is 0 Å². The molecule has 2 heterocycles. The number of hydrogen-bond acceptors (Lipinski definition) is 4. The van der Waals surface area contributed by atoms with Gasteiger partial charge in [-0.25, -0.2) is 0 Å². The zero-order valence-electron chi connectivity index (χ0n) is 10.8. The Morgan fingerprint density at radius 3 is 3.11 bits per heavy atom. The lowest BCUT2D eigenvalue weighted by Gasteiger charge is -2.25. The molecule has 0 bridgehead atoms. The summed E-state index contributed by atoms with van der Waals surface area (Å²) in [5, 5.41) is 8.14. The molecule has 19 heavy (non-hydrogen) atoms. The molecule has 100 valence electrons. The number of halogens is 1. The summed E-state index contributed by atoms with van der Waals surface area (Å²) in [5.41, 5.74) is 0.881. The zero-order chi connectivity index (χ0) is 13.2. The van der Waals surface area contributed by atoms with Crippen LogP contribution in [0.4, 0.5) is 0 Å². The molecule has 2 unspecified atom stereocenters. The molecule has 3 rings (SSSR count). The second-order valence-corrected chi connectivity index (χ2v) is 5.54. The number of rotatable bonds is 2. The van der Waals surface area contributed by atoms with Gasteiger partial charge in [-0.2, -0.15) is 4.98 Å². The van der Waals surface area contributed by atoms with Gasteiger partial charge in [0, 0.05) is 10.6 Å². The van der Waals surface area contributed by atoms with E-state index in [2.05, 4.69) is 22.4 Å². The summed E-state index contributed by atoms with van der Waals surface area (Å²) in [4.78, 5) is 4.48. The summed E-state index contributed by atoms with van der Waals surface area (Å²) in [7, 11) is 0. The van der Waals surface area contributed by atoms with Gasteiger partial charge in [-0.1, -0.05) is 35.8 Å². The fraction of sp³-hybridized carbons (Fsp3) is 0.429. The van der Waals surface area contributed by atoms with Crippen LogP contribution >= 0.6 is 11.6 Å². The summed E-state index contributed by atoms with van der Waals surface area (Å²) < 4.78 is 5.38. The van der Waals surface area contributed by atoms with Gasteiger partial charge in [-0.15, -0.1) is 0 Å². The molecular formula is C14H16ClN3O.